The lowest BCUT2D eigenvalue weighted by atomic mass is 10.1. The minimum atomic E-state index is -1.08. The van der Waals surface area contributed by atoms with Crippen LogP contribution in [0.15, 0.2) is 18.3 Å². The van der Waals surface area contributed by atoms with Crippen LogP contribution in [0.5, 0.6) is 11.5 Å². The minimum Gasteiger partial charge on any atom is -0.505 e. The zero-order valence-electron chi connectivity index (χ0n) is 7.53. The average Bonchev–Trinajstić information content (AvgIpc) is 2.62. The molecule has 5 N–H and O–H groups in total. The Morgan fingerprint density at radius 3 is 2.60 bits per heavy atom. The quantitative estimate of drug-likeness (QED) is 0.567. The second kappa shape index (κ2) is 3.16. The highest BCUT2D eigenvalue weighted by atomic mass is 19.1. The van der Waals surface area contributed by atoms with Crippen LogP contribution in [0.1, 0.15) is 0 Å². The van der Waals surface area contributed by atoms with Crippen LogP contribution < -0.4 is 5.73 Å². The number of aromatic nitrogens is 2. The zero-order valence-corrected chi connectivity index (χ0v) is 7.53. The molecule has 5 nitrogen and oxygen atoms in total. The molecule has 0 unspecified atom stereocenters. The number of rotatable bonds is 1. The Kier molecular flexibility index (Phi) is 1.96. The van der Waals surface area contributed by atoms with Crippen molar-refractivity contribution in [3.8, 4) is 22.6 Å². The Balaban J connectivity index is 2.65. The number of phenolic OH excluding ortho intramolecular Hbond substituents is 2. The summed E-state index contributed by atoms with van der Waals surface area (Å²) in [5.41, 5.74) is 6.07. The fourth-order valence-corrected chi connectivity index (χ4v) is 1.28. The third-order valence-corrected chi connectivity index (χ3v) is 2.05. The Morgan fingerprint density at radius 1 is 1.27 bits per heavy atom. The summed E-state index contributed by atoms with van der Waals surface area (Å²) in [6.07, 6.45) is 1.36. The van der Waals surface area contributed by atoms with Crippen molar-refractivity contribution >= 4 is 5.82 Å². The molecule has 0 aliphatic heterocycles. The molecular formula is C9H8FN3O2. The van der Waals surface area contributed by atoms with E-state index in [-0.39, 0.29) is 11.4 Å². The Hall–Kier alpha value is -2.24. The SMILES string of the molecule is Nc1[nH]ncc1-c1ccc(O)c(F)c1O. The standard InChI is InChI=1S/C9H8FN3O2/c10-7-6(14)2-1-4(8(7)15)5-3-12-13-9(5)11/h1-3,14-15H,(H3,11,12,13). The van der Waals surface area contributed by atoms with Gasteiger partial charge in [-0.05, 0) is 12.1 Å². The van der Waals surface area contributed by atoms with Gasteiger partial charge in [0.2, 0.25) is 5.82 Å². The van der Waals surface area contributed by atoms with E-state index >= 15 is 0 Å². The van der Waals surface area contributed by atoms with E-state index in [9.17, 15) is 9.50 Å². The first-order chi connectivity index (χ1) is 7.11. The lowest BCUT2D eigenvalue weighted by Crippen LogP contribution is -1.89. The van der Waals surface area contributed by atoms with Gasteiger partial charge in [0.1, 0.15) is 5.82 Å². The lowest BCUT2D eigenvalue weighted by molar-refractivity contribution is 0.390. The molecule has 0 fully saturated rings. The van der Waals surface area contributed by atoms with Crippen LogP contribution in [-0.2, 0) is 0 Å². The van der Waals surface area contributed by atoms with Crippen LogP contribution >= 0.6 is 0 Å². The van der Waals surface area contributed by atoms with Gasteiger partial charge in [0.05, 0.1) is 6.20 Å². The van der Waals surface area contributed by atoms with Crippen LogP contribution in [-0.4, -0.2) is 20.4 Å². The van der Waals surface area contributed by atoms with E-state index in [2.05, 4.69) is 10.2 Å². The highest BCUT2D eigenvalue weighted by Crippen LogP contribution is 2.37. The third kappa shape index (κ3) is 1.35. The van der Waals surface area contributed by atoms with Crippen molar-refractivity contribution in [2.75, 3.05) is 5.73 Å². The van der Waals surface area contributed by atoms with Crippen LogP contribution in [0.3, 0.4) is 0 Å². The van der Waals surface area contributed by atoms with E-state index in [0.29, 0.717) is 5.56 Å². The monoisotopic (exact) mass is 209 g/mol. The van der Waals surface area contributed by atoms with Crippen molar-refractivity contribution in [1.82, 2.24) is 10.2 Å². The summed E-state index contributed by atoms with van der Waals surface area (Å²) < 4.78 is 13.1. The molecular weight excluding hydrogens is 201 g/mol. The van der Waals surface area contributed by atoms with Crippen LogP contribution in [0, 0.1) is 5.82 Å². The van der Waals surface area contributed by atoms with Crippen LogP contribution in [0.2, 0.25) is 0 Å². The van der Waals surface area contributed by atoms with Crippen molar-refractivity contribution in [2.24, 2.45) is 0 Å². The fraction of sp³-hybridized carbons (Fsp3) is 0. The van der Waals surface area contributed by atoms with E-state index in [4.69, 9.17) is 10.8 Å². The topological polar surface area (TPSA) is 95.2 Å². The summed E-state index contributed by atoms with van der Waals surface area (Å²) in [7, 11) is 0. The summed E-state index contributed by atoms with van der Waals surface area (Å²) >= 11 is 0. The number of hydrogen-bond donors (Lipinski definition) is 4. The largest absolute Gasteiger partial charge is 0.505 e. The van der Waals surface area contributed by atoms with E-state index < -0.39 is 17.3 Å². The molecule has 0 atom stereocenters. The molecule has 15 heavy (non-hydrogen) atoms. The first kappa shape index (κ1) is 9.32. The third-order valence-electron chi connectivity index (χ3n) is 2.05. The molecule has 0 saturated carbocycles. The molecule has 1 aromatic carbocycles. The first-order valence-corrected chi connectivity index (χ1v) is 4.11. The maximum atomic E-state index is 13.1. The molecule has 1 aromatic heterocycles. The Bertz CT molecular complexity index is 510. The summed E-state index contributed by atoms with van der Waals surface area (Å²) in [4.78, 5) is 0. The lowest BCUT2D eigenvalue weighted by Gasteiger charge is -2.05. The molecule has 0 spiro atoms. The van der Waals surface area contributed by atoms with Gasteiger partial charge in [0.25, 0.3) is 0 Å². The molecule has 0 amide bonds. The van der Waals surface area contributed by atoms with Gasteiger partial charge in [0.15, 0.2) is 11.5 Å². The van der Waals surface area contributed by atoms with E-state index in [1.54, 1.807) is 0 Å². The second-order valence-electron chi connectivity index (χ2n) is 2.99. The van der Waals surface area contributed by atoms with Crippen LogP contribution in [0.25, 0.3) is 11.1 Å². The molecule has 0 radical (unpaired) electrons. The van der Waals surface area contributed by atoms with Gasteiger partial charge in [-0.25, -0.2) is 0 Å². The highest BCUT2D eigenvalue weighted by Gasteiger charge is 2.15. The van der Waals surface area contributed by atoms with Gasteiger partial charge in [-0.3, -0.25) is 5.10 Å². The van der Waals surface area contributed by atoms with Gasteiger partial charge >= 0.3 is 0 Å². The summed E-state index contributed by atoms with van der Waals surface area (Å²) in [5, 5.41) is 24.5. The normalized spacial score (nSPS) is 10.5. The number of nitrogens with one attached hydrogen (secondary N) is 1. The Morgan fingerprint density at radius 2 is 2.00 bits per heavy atom. The fourth-order valence-electron chi connectivity index (χ4n) is 1.28. The predicted molar refractivity (Wildman–Crippen MR) is 51.7 cm³/mol. The molecule has 0 aliphatic carbocycles. The number of aromatic amines is 1. The molecule has 6 heteroatoms. The number of nitrogens with two attached hydrogens (primary N) is 1. The van der Waals surface area contributed by atoms with E-state index in [1.807, 2.05) is 0 Å². The van der Waals surface area contributed by atoms with Gasteiger partial charge in [0, 0.05) is 11.1 Å². The molecule has 0 saturated heterocycles. The number of hydrogen-bond acceptors (Lipinski definition) is 4. The number of nitrogen functional groups attached to an aromatic ring is 1. The minimum absolute atomic E-state index is 0.177. The van der Waals surface area contributed by atoms with Crippen molar-refractivity contribution in [3.05, 3.63) is 24.1 Å². The van der Waals surface area contributed by atoms with Crippen LogP contribution in [0.4, 0.5) is 10.2 Å². The number of H-pyrrole nitrogens is 1. The van der Waals surface area contributed by atoms with Crippen molar-refractivity contribution in [3.63, 3.8) is 0 Å². The second-order valence-corrected chi connectivity index (χ2v) is 2.99. The number of aromatic hydroxyl groups is 2. The highest BCUT2D eigenvalue weighted by molar-refractivity contribution is 5.78. The zero-order chi connectivity index (χ0) is 11.0. The van der Waals surface area contributed by atoms with Gasteiger partial charge in [-0.2, -0.15) is 9.49 Å². The maximum Gasteiger partial charge on any atom is 0.206 e. The molecule has 78 valence electrons. The summed E-state index contributed by atoms with van der Waals surface area (Å²) in [5.74, 6) is -2.12. The number of nitrogens with zero attached hydrogens (tertiary/aromatic N) is 1. The van der Waals surface area contributed by atoms with E-state index in [1.165, 1.54) is 12.3 Å². The number of anilines is 1. The molecule has 0 aliphatic rings. The summed E-state index contributed by atoms with van der Waals surface area (Å²) in [6.45, 7) is 0. The van der Waals surface area contributed by atoms with Gasteiger partial charge in [-0.1, -0.05) is 0 Å². The number of phenols is 2. The first-order valence-electron chi connectivity index (χ1n) is 4.11. The maximum absolute atomic E-state index is 13.1. The number of benzene rings is 1. The molecule has 2 rings (SSSR count). The Labute approximate surface area is 84.0 Å². The average molecular weight is 209 g/mol. The van der Waals surface area contributed by atoms with Gasteiger partial charge in [-0.15, -0.1) is 0 Å². The molecule has 0 bridgehead atoms. The molecule has 1 heterocycles. The van der Waals surface area contributed by atoms with Crippen molar-refractivity contribution in [2.45, 2.75) is 0 Å². The predicted octanol–water partition coefficient (Wildman–Crippen LogP) is 1.21. The van der Waals surface area contributed by atoms with Gasteiger partial charge < -0.3 is 15.9 Å². The van der Waals surface area contributed by atoms with Crippen molar-refractivity contribution in [1.29, 1.82) is 0 Å². The molecule has 2 aromatic rings. The summed E-state index contributed by atoms with van der Waals surface area (Å²) in [6, 6.07) is 2.49. The van der Waals surface area contributed by atoms with Crippen molar-refractivity contribution < 1.29 is 14.6 Å². The smallest absolute Gasteiger partial charge is 0.206 e. The number of halogens is 1. The van der Waals surface area contributed by atoms with E-state index in [0.717, 1.165) is 6.07 Å².